The Morgan fingerprint density at radius 3 is 2.15 bits per heavy atom. The molecule has 0 saturated carbocycles. The standard InChI is InChI=1S/C27H40N2O4/c1-7-32-25(33-8-2)15-12-16-29-27(31)24(17-21(5)26(30)28-6)19-23(20(3)4)18-22-13-10-9-11-14-22/h9-11,13-14,17,19,25H,7-8,12,15-16,18H2,1-6H3,(H,28,30)(H,29,31)/b21-17+,24-19+. The van der Waals surface area contributed by atoms with Crippen LogP contribution in [0, 0.1) is 0 Å². The molecule has 6 heteroatoms. The van der Waals surface area contributed by atoms with Gasteiger partial charge in [-0.2, -0.15) is 0 Å². The Morgan fingerprint density at radius 2 is 1.61 bits per heavy atom. The van der Waals surface area contributed by atoms with Gasteiger partial charge in [-0.15, -0.1) is 0 Å². The SMILES string of the molecule is CCOC(CCCNC(=O)C(/C=C(\C)C(=O)NC)=C/C(Cc1ccccc1)=C(C)C)OCC. The minimum atomic E-state index is -0.259. The number of amides is 2. The maximum Gasteiger partial charge on any atom is 0.251 e. The van der Waals surface area contributed by atoms with Crippen LogP contribution in [0.15, 0.2) is 64.8 Å². The van der Waals surface area contributed by atoms with Gasteiger partial charge in [0, 0.05) is 44.4 Å². The molecule has 0 atom stereocenters. The van der Waals surface area contributed by atoms with Crippen molar-refractivity contribution in [3.05, 3.63) is 70.3 Å². The van der Waals surface area contributed by atoms with Crippen LogP contribution in [-0.2, 0) is 25.5 Å². The number of hydrogen-bond donors (Lipinski definition) is 2. The van der Waals surface area contributed by atoms with E-state index in [1.165, 1.54) is 0 Å². The number of likely N-dealkylation sites (N-methyl/N-ethyl adjacent to an activating group) is 1. The fraction of sp³-hybridized carbons (Fsp3) is 0.481. The second-order valence-electron chi connectivity index (χ2n) is 7.93. The quantitative estimate of drug-likeness (QED) is 0.187. The number of benzene rings is 1. The minimum Gasteiger partial charge on any atom is -0.355 e. The van der Waals surface area contributed by atoms with Crippen molar-refractivity contribution in [2.45, 2.75) is 60.2 Å². The van der Waals surface area contributed by atoms with Crippen molar-refractivity contribution in [2.24, 2.45) is 0 Å². The molecule has 0 heterocycles. The van der Waals surface area contributed by atoms with Gasteiger partial charge >= 0.3 is 0 Å². The van der Waals surface area contributed by atoms with Crippen molar-refractivity contribution in [2.75, 3.05) is 26.8 Å². The molecule has 2 N–H and O–H groups in total. The number of allylic oxidation sites excluding steroid dienone is 3. The van der Waals surface area contributed by atoms with Crippen LogP contribution in [0.25, 0.3) is 0 Å². The van der Waals surface area contributed by atoms with Gasteiger partial charge in [-0.05, 0) is 70.7 Å². The number of hydrogen-bond acceptors (Lipinski definition) is 4. The molecule has 0 aliphatic carbocycles. The molecule has 6 nitrogen and oxygen atoms in total. The summed E-state index contributed by atoms with van der Waals surface area (Å²) in [6, 6.07) is 10.1. The average Bonchev–Trinajstić information content (AvgIpc) is 2.80. The third-order valence-corrected chi connectivity index (χ3v) is 5.04. The first kappa shape index (κ1) is 28.3. The molecule has 182 valence electrons. The van der Waals surface area contributed by atoms with Gasteiger partial charge in [0.2, 0.25) is 5.91 Å². The smallest absolute Gasteiger partial charge is 0.251 e. The summed E-state index contributed by atoms with van der Waals surface area (Å²) in [6.45, 7) is 11.3. The van der Waals surface area contributed by atoms with Crippen LogP contribution in [0.4, 0.5) is 0 Å². The molecule has 0 bridgehead atoms. The van der Waals surface area contributed by atoms with Gasteiger partial charge in [-0.1, -0.05) is 35.9 Å². The third-order valence-electron chi connectivity index (χ3n) is 5.04. The van der Waals surface area contributed by atoms with E-state index in [2.05, 4.69) is 22.8 Å². The molecule has 33 heavy (non-hydrogen) atoms. The molecule has 1 aromatic rings. The number of carbonyl (C=O) groups excluding carboxylic acids is 2. The highest BCUT2D eigenvalue weighted by molar-refractivity contribution is 6.00. The summed E-state index contributed by atoms with van der Waals surface area (Å²) < 4.78 is 11.1. The molecule has 0 radical (unpaired) electrons. The van der Waals surface area contributed by atoms with Gasteiger partial charge in [0.25, 0.3) is 5.91 Å². The molecule has 0 aliphatic rings. The Bertz CT molecular complexity index is 831. The molecular formula is C27H40N2O4. The van der Waals surface area contributed by atoms with E-state index in [-0.39, 0.29) is 18.1 Å². The van der Waals surface area contributed by atoms with E-state index in [0.29, 0.717) is 43.7 Å². The van der Waals surface area contributed by atoms with E-state index in [9.17, 15) is 9.59 Å². The van der Waals surface area contributed by atoms with E-state index in [0.717, 1.165) is 23.1 Å². The zero-order chi connectivity index (χ0) is 24.6. The highest BCUT2D eigenvalue weighted by Crippen LogP contribution is 2.17. The van der Waals surface area contributed by atoms with Crippen molar-refractivity contribution < 1.29 is 19.1 Å². The first-order chi connectivity index (χ1) is 15.8. The number of carbonyl (C=O) groups is 2. The van der Waals surface area contributed by atoms with Gasteiger partial charge in [0.05, 0.1) is 0 Å². The Kier molecular flexibility index (Phi) is 13.7. The van der Waals surface area contributed by atoms with Crippen molar-refractivity contribution in [3.63, 3.8) is 0 Å². The highest BCUT2D eigenvalue weighted by Gasteiger charge is 2.13. The normalized spacial score (nSPS) is 12.0. The Labute approximate surface area is 199 Å². The summed E-state index contributed by atoms with van der Waals surface area (Å²) in [4.78, 5) is 25.1. The maximum atomic E-state index is 13.1. The van der Waals surface area contributed by atoms with Crippen LogP contribution in [0.5, 0.6) is 0 Å². The minimum absolute atomic E-state index is 0.213. The molecule has 0 aliphatic heterocycles. The lowest BCUT2D eigenvalue weighted by Crippen LogP contribution is -2.28. The number of ether oxygens (including phenoxy) is 2. The largest absolute Gasteiger partial charge is 0.355 e. The van der Waals surface area contributed by atoms with Gasteiger partial charge in [0.1, 0.15) is 0 Å². The van der Waals surface area contributed by atoms with Gasteiger partial charge in [-0.3, -0.25) is 9.59 Å². The monoisotopic (exact) mass is 456 g/mol. The Hall–Kier alpha value is -2.70. The molecule has 0 fully saturated rings. The van der Waals surface area contributed by atoms with Gasteiger partial charge < -0.3 is 20.1 Å². The van der Waals surface area contributed by atoms with E-state index in [4.69, 9.17) is 9.47 Å². The molecule has 0 spiro atoms. The topological polar surface area (TPSA) is 76.7 Å². The van der Waals surface area contributed by atoms with Crippen LogP contribution < -0.4 is 10.6 Å². The van der Waals surface area contributed by atoms with Crippen molar-refractivity contribution in [3.8, 4) is 0 Å². The molecule has 0 unspecified atom stereocenters. The summed E-state index contributed by atoms with van der Waals surface area (Å²) >= 11 is 0. The molecule has 1 aromatic carbocycles. The fourth-order valence-corrected chi connectivity index (χ4v) is 3.20. The summed E-state index contributed by atoms with van der Waals surface area (Å²) in [5.74, 6) is -0.429. The van der Waals surface area contributed by atoms with Crippen LogP contribution >= 0.6 is 0 Å². The first-order valence-electron chi connectivity index (χ1n) is 11.7. The molecule has 2 amide bonds. The zero-order valence-electron chi connectivity index (χ0n) is 21.0. The van der Waals surface area contributed by atoms with Crippen molar-refractivity contribution >= 4 is 11.8 Å². The average molecular weight is 457 g/mol. The van der Waals surface area contributed by atoms with Crippen LogP contribution in [0.1, 0.15) is 53.0 Å². The Balaban J connectivity index is 3.02. The van der Waals surface area contributed by atoms with Crippen LogP contribution in [-0.4, -0.2) is 44.9 Å². The van der Waals surface area contributed by atoms with Crippen LogP contribution in [0.2, 0.25) is 0 Å². The predicted octanol–water partition coefficient (Wildman–Crippen LogP) is 4.48. The second-order valence-corrected chi connectivity index (χ2v) is 7.93. The molecule has 0 aromatic heterocycles. The third kappa shape index (κ3) is 11.1. The predicted molar refractivity (Wildman–Crippen MR) is 134 cm³/mol. The molecule has 0 saturated heterocycles. The number of nitrogens with one attached hydrogen (secondary N) is 2. The number of rotatable bonds is 14. The lowest BCUT2D eigenvalue weighted by Gasteiger charge is -2.17. The van der Waals surface area contributed by atoms with Crippen LogP contribution in [0.3, 0.4) is 0 Å². The summed E-state index contributed by atoms with van der Waals surface area (Å²) in [7, 11) is 1.58. The summed E-state index contributed by atoms with van der Waals surface area (Å²) in [6.07, 6.45) is 5.39. The maximum absolute atomic E-state index is 13.1. The lowest BCUT2D eigenvalue weighted by molar-refractivity contribution is -0.140. The van der Waals surface area contributed by atoms with E-state index in [1.54, 1.807) is 20.0 Å². The zero-order valence-corrected chi connectivity index (χ0v) is 21.0. The van der Waals surface area contributed by atoms with Crippen molar-refractivity contribution in [1.82, 2.24) is 10.6 Å². The Morgan fingerprint density at radius 1 is 0.970 bits per heavy atom. The van der Waals surface area contributed by atoms with Gasteiger partial charge in [0.15, 0.2) is 6.29 Å². The van der Waals surface area contributed by atoms with Crippen molar-refractivity contribution in [1.29, 1.82) is 0 Å². The van der Waals surface area contributed by atoms with E-state index < -0.39 is 0 Å². The highest BCUT2D eigenvalue weighted by atomic mass is 16.7. The van der Waals surface area contributed by atoms with Gasteiger partial charge in [-0.25, -0.2) is 0 Å². The summed E-state index contributed by atoms with van der Waals surface area (Å²) in [5.41, 5.74) is 4.25. The molecule has 1 rings (SSSR count). The lowest BCUT2D eigenvalue weighted by atomic mass is 9.98. The first-order valence-corrected chi connectivity index (χ1v) is 11.7. The van der Waals surface area contributed by atoms with E-state index >= 15 is 0 Å². The second kappa shape index (κ2) is 16.0. The fourth-order valence-electron chi connectivity index (χ4n) is 3.20. The summed E-state index contributed by atoms with van der Waals surface area (Å²) in [5, 5.41) is 5.58. The van der Waals surface area contributed by atoms with E-state index in [1.807, 2.05) is 52.0 Å². The molecular weight excluding hydrogens is 416 g/mol.